The summed E-state index contributed by atoms with van der Waals surface area (Å²) in [6, 6.07) is 2.01. The molecule has 3 rings (SSSR count). The van der Waals surface area contributed by atoms with E-state index in [1.807, 2.05) is 0 Å². The molecule has 1 aliphatic heterocycles. The number of aryl methyl sites for hydroxylation is 1. The Morgan fingerprint density at radius 3 is 2.75 bits per heavy atom. The fourth-order valence-electron chi connectivity index (χ4n) is 2.53. The topological polar surface area (TPSA) is 72.3 Å². The molecule has 1 saturated heterocycles. The monoisotopic (exact) mass is 413 g/mol. The van der Waals surface area contributed by atoms with Crippen LogP contribution in [-0.2, 0) is 11.8 Å². The zero-order chi connectivity index (χ0) is 16.4. The number of morpholine rings is 1. The highest BCUT2D eigenvalue weighted by molar-refractivity contribution is 9.10. The second kappa shape index (κ2) is 8.00. The van der Waals surface area contributed by atoms with Crippen LogP contribution in [0.3, 0.4) is 0 Å². The number of hydrogen-bond donors (Lipinski definition) is 1. The van der Waals surface area contributed by atoms with E-state index >= 15 is 0 Å². The standard InChI is InChI=1S/C15H18BrN5O2.H2S/c1-10-9-23-4-3-21(10)12-6-17-15(18-7-12)19-13-5-11(16)8-20(2)14(13)22;/h5-8,10H,3-4,9H2,1-2H3,(H,17,18,19);1H2/t10-;/m0./s1. The fraction of sp³-hybridized carbons (Fsp3) is 0.400. The first kappa shape index (κ1) is 18.8. The number of ether oxygens (including phenoxy) is 1. The Labute approximate surface area is 155 Å². The smallest absolute Gasteiger partial charge is 0.274 e. The third kappa shape index (κ3) is 4.08. The fourth-order valence-corrected chi connectivity index (χ4v) is 3.06. The molecular weight excluding hydrogens is 394 g/mol. The minimum Gasteiger partial charge on any atom is -0.377 e. The normalized spacial score (nSPS) is 17.3. The molecule has 0 unspecified atom stereocenters. The lowest BCUT2D eigenvalue weighted by Gasteiger charge is -2.34. The van der Waals surface area contributed by atoms with Gasteiger partial charge >= 0.3 is 0 Å². The summed E-state index contributed by atoms with van der Waals surface area (Å²) >= 11 is 3.37. The number of aromatic nitrogens is 3. The predicted octanol–water partition coefficient (Wildman–Crippen LogP) is 2.02. The average molecular weight is 414 g/mol. The molecule has 24 heavy (non-hydrogen) atoms. The molecule has 3 heterocycles. The Morgan fingerprint density at radius 1 is 1.38 bits per heavy atom. The van der Waals surface area contributed by atoms with Crippen molar-refractivity contribution < 1.29 is 4.74 Å². The molecule has 1 fully saturated rings. The molecule has 0 saturated carbocycles. The first-order valence-corrected chi connectivity index (χ1v) is 8.13. The highest BCUT2D eigenvalue weighted by atomic mass is 79.9. The van der Waals surface area contributed by atoms with E-state index in [0.29, 0.717) is 30.9 Å². The maximum atomic E-state index is 12.1. The van der Waals surface area contributed by atoms with E-state index in [2.05, 4.69) is 43.0 Å². The van der Waals surface area contributed by atoms with Gasteiger partial charge in [-0.15, -0.1) is 0 Å². The summed E-state index contributed by atoms with van der Waals surface area (Å²) in [5, 5.41) is 2.97. The van der Waals surface area contributed by atoms with Crippen molar-refractivity contribution in [2.45, 2.75) is 13.0 Å². The Hall–Kier alpha value is -1.58. The Kier molecular flexibility index (Phi) is 6.25. The van der Waals surface area contributed by atoms with Crippen LogP contribution >= 0.6 is 29.4 Å². The lowest BCUT2D eigenvalue weighted by molar-refractivity contribution is 0.0989. The van der Waals surface area contributed by atoms with E-state index in [9.17, 15) is 4.79 Å². The van der Waals surface area contributed by atoms with Crippen molar-refractivity contribution in [2.24, 2.45) is 7.05 Å². The molecule has 9 heteroatoms. The van der Waals surface area contributed by atoms with Gasteiger partial charge in [-0.3, -0.25) is 4.79 Å². The van der Waals surface area contributed by atoms with Crippen LogP contribution in [0, 0.1) is 0 Å². The van der Waals surface area contributed by atoms with Gasteiger partial charge < -0.3 is 19.5 Å². The number of anilines is 3. The summed E-state index contributed by atoms with van der Waals surface area (Å²) in [4.78, 5) is 22.9. The van der Waals surface area contributed by atoms with Crippen LogP contribution in [0.1, 0.15) is 6.92 Å². The summed E-state index contributed by atoms with van der Waals surface area (Å²) < 4.78 is 7.74. The van der Waals surface area contributed by atoms with Gasteiger partial charge in [0.15, 0.2) is 0 Å². The van der Waals surface area contributed by atoms with Gasteiger partial charge in [0.25, 0.3) is 5.56 Å². The van der Waals surface area contributed by atoms with E-state index in [0.717, 1.165) is 16.7 Å². The van der Waals surface area contributed by atoms with E-state index < -0.39 is 0 Å². The van der Waals surface area contributed by atoms with Crippen LogP contribution in [0.15, 0.2) is 33.9 Å². The van der Waals surface area contributed by atoms with Crippen molar-refractivity contribution in [2.75, 3.05) is 30.0 Å². The maximum Gasteiger partial charge on any atom is 0.274 e. The van der Waals surface area contributed by atoms with Gasteiger partial charge in [0.05, 0.1) is 31.3 Å². The molecule has 0 aliphatic carbocycles. The maximum absolute atomic E-state index is 12.1. The molecule has 0 amide bonds. The molecule has 0 bridgehead atoms. The van der Waals surface area contributed by atoms with Gasteiger partial charge in [-0.05, 0) is 28.9 Å². The Balaban J connectivity index is 0.00000208. The first-order valence-electron chi connectivity index (χ1n) is 7.34. The number of pyridine rings is 1. The molecule has 0 radical (unpaired) electrons. The molecule has 0 spiro atoms. The van der Waals surface area contributed by atoms with Gasteiger partial charge in [0.2, 0.25) is 5.95 Å². The van der Waals surface area contributed by atoms with Crippen LogP contribution in [0.25, 0.3) is 0 Å². The van der Waals surface area contributed by atoms with Crippen LogP contribution in [-0.4, -0.2) is 40.3 Å². The first-order chi connectivity index (χ1) is 11.0. The average Bonchev–Trinajstić information content (AvgIpc) is 2.53. The summed E-state index contributed by atoms with van der Waals surface area (Å²) in [5.41, 5.74) is 1.24. The summed E-state index contributed by atoms with van der Waals surface area (Å²) in [6.07, 6.45) is 5.23. The second-order valence-corrected chi connectivity index (χ2v) is 6.41. The van der Waals surface area contributed by atoms with Gasteiger partial charge in [-0.2, -0.15) is 13.5 Å². The molecule has 1 atom stereocenters. The number of nitrogens with one attached hydrogen (secondary N) is 1. The van der Waals surface area contributed by atoms with Crippen LogP contribution in [0.4, 0.5) is 17.3 Å². The van der Waals surface area contributed by atoms with E-state index in [1.165, 1.54) is 4.57 Å². The lowest BCUT2D eigenvalue weighted by Crippen LogP contribution is -2.43. The predicted molar refractivity (Wildman–Crippen MR) is 103 cm³/mol. The molecule has 7 nitrogen and oxygen atoms in total. The van der Waals surface area contributed by atoms with Crippen molar-refractivity contribution in [3.05, 3.63) is 39.5 Å². The number of halogens is 1. The van der Waals surface area contributed by atoms with Gasteiger partial charge in [0, 0.05) is 30.3 Å². The molecule has 130 valence electrons. The van der Waals surface area contributed by atoms with Crippen LogP contribution in [0.2, 0.25) is 0 Å². The summed E-state index contributed by atoms with van der Waals surface area (Å²) in [7, 11) is 1.70. The largest absolute Gasteiger partial charge is 0.377 e. The van der Waals surface area contributed by atoms with E-state index in [-0.39, 0.29) is 19.1 Å². The van der Waals surface area contributed by atoms with Crippen molar-refractivity contribution in [1.82, 2.24) is 14.5 Å². The highest BCUT2D eigenvalue weighted by Crippen LogP contribution is 2.19. The van der Waals surface area contributed by atoms with Crippen molar-refractivity contribution >= 4 is 46.7 Å². The Bertz CT molecular complexity index is 753. The van der Waals surface area contributed by atoms with Crippen molar-refractivity contribution in [1.29, 1.82) is 0 Å². The number of nitrogens with zero attached hydrogens (tertiary/aromatic N) is 4. The summed E-state index contributed by atoms with van der Waals surface area (Å²) in [5.74, 6) is 0.393. The minimum absolute atomic E-state index is 0. The van der Waals surface area contributed by atoms with Gasteiger partial charge in [0.1, 0.15) is 5.69 Å². The summed E-state index contributed by atoms with van der Waals surface area (Å²) in [6.45, 7) is 4.34. The van der Waals surface area contributed by atoms with E-state index in [1.54, 1.807) is 31.7 Å². The Morgan fingerprint density at radius 2 is 2.08 bits per heavy atom. The van der Waals surface area contributed by atoms with Crippen LogP contribution in [0.5, 0.6) is 0 Å². The lowest BCUT2D eigenvalue weighted by atomic mass is 10.2. The second-order valence-electron chi connectivity index (χ2n) is 5.50. The molecule has 2 aromatic rings. The number of hydrogen-bond acceptors (Lipinski definition) is 6. The molecule has 2 aromatic heterocycles. The minimum atomic E-state index is -0.136. The van der Waals surface area contributed by atoms with E-state index in [4.69, 9.17) is 4.74 Å². The van der Waals surface area contributed by atoms with Crippen LogP contribution < -0.4 is 15.8 Å². The molecule has 0 aromatic carbocycles. The molecular formula is C15H20BrN5O2S. The highest BCUT2D eigenvalue weighted by Gasteiger charge is 2.19. The third-order valence-corrected chi connectivity index (χ3v) is 4.17. The third-order valence-electron chi connectivity index (χ3n) is 3.73. The zero-order valence-corrected chi connectivity index (χ0v) is 16.1. The quantitative estimate of drug-likeness (QED) is 0.829. The molecule has 1 aliphatic rings. The SMILES string of the molecule is C[C@H]1COCCN1c1cnc(Nc2cc(Br)cn(C)c2=O)nc1.S. The van der Waals surface area contributed by atoms with Gasteiger partial charge in [-0.25, -0.2) is 9.97 Å². The zero-order valence-electron chi connectivity index (χ0n) is 13.5. The van der Waals surface area contributed by atoms with Gasteiger partial charge in [-0.1, -0.05) is 0 Å². The van der Waals surface area contributed by atoms with Crippen molar-refractivity contribution in [3.8, 4) is 0 Å². The number of rotatable bonds is 3. The molecule has 1 N–H and O–H groups in total. The van der Waals surface area contributed by atoms with Crippen molar-refractivity contribution in [3.63, 3.8) is 0 Å².